The third kappa shape index (κ3) is 4.24. The Hall–Kier alpha value is -3.12. The van der Waals surface area contributed by atoms with Crippen LogP contribution < -0.4 is 5.32 Å². The normalized spacial score (nSPS) is 10.4. The van der Waals surface area contributed by atoms with Crippen LogP contribution in [-0.2, 0) is 6.54 Å². The summed E-state index contributed by atoms with van der Waals surface area (Å²) in [6, 6.07) is 13.2. The number of carbonyl (C=O) groups excluding carboxylic acids is 1. The highest BCUT2D eigenvalue weighted by atomic mass is 35.5. The van der Waals surface area contributed by atoms with Crippen molar-refractivity contribution in [3.05, 3.63) is 82.8 Å². The molecule has 0 aliphatic carbocycles. The van der Waals surface area contributed by atoms with Crippen LogP contribution in [0.15, 0.2) is 61.1 Å². The molecule has 2 N–H and O–H groups in total. The predicted molar refractivity (Wildman–Crippen MR) is 94.1 cm³/mol. The van der Waals surface area contributed by atoms with Gasteiger partial charge in [0.05, 0.1) is 11.9 Å². The fourth-order valence-corrected chi connectivity index (χ4v) is 2.52. The molecule has 1 aromatic heterocycles. The number of amides is 1. The number of hydrogen-bond donors (Lipinski definition) is 2. The van der Waals surface area contributed by atoms with Crippen molar-refractivity contribution >= 4 is 29.3 Å². The van der Waals surface area contributed by atoms with Crippen molar-refractivity contribution < 1.29 is 14.7 Å². The number of rotatable bonds is 5. The molecule has 0 atom stereocenters. The molecule has 0 unspecified atom stereocenters. The molecule has 2 aromatic carbocycles. The Morgan fingerprint density at radius 2 is 1.84 bits per heavy atom. The highest BCUT2D eigenvalue weighted by Crippen LogP contribution is 2.13. The fraction of sp³-hybridized carbons (Fsp3) is 0.0556. The Morgan fingerprint density at radius 1 is 1.12 bits per heavy atom. The zero-order valence-corrected chi connectivity index (χ0v) is 13.8. The minimum Gasteiger partial charge on any atom is -0.478 e. The molecule has 6 nitrogen and oxygen atoms in total. The second kappa shape index (κ2) is 7.19. The number of nitrogens with one attached hydrogen (secondary N) is 1. The molecule has 3 rings (SSSR count). The SMILES string of the molecule is O=C(O)c1ccc(C(=O)Nc2cn(Cc3cccc(Cl)c3)cn2)cc1. The van der Waals surface area contributed by atoms with E-state index in [0.29, 0.717) is 22.9 Å². The highest BCUT2D eigenvalue weighted by Gasteiger charge is 2.10. The van der Waals surface area contributed by atoms with E-state index in [1.54, 1.807) is 18.6 Å². The largest absolute Gasteiger partial charge is 0.478 e. The number of aromatic nitrogens is 2. The van der Waals surface area contributed by atoms with E-state index in [2.05, 4.69) is 10.3 Å². The molecular formula is C18H14ClN3O3. The summed E-state index contributed by atoms with van der Waals surface area (Å²) in [5.74, 6) is -0.981. The molecule has 126 valence electrons. The first kappa shape index (κ1) is 16.7. The fourth-order valence-electron chi connectivity index (χ4n) is 2.31. The lowest BCUT2D eigenvalue weighted by Crippen LogP contribution is -2.12. The third-order valence-electron chi connectivity index (χ3n) is 3.52. The molecule has 0 aliphatic rings. The van der Waals surface area contributed by atoms with Gasteiger partial charge in [-0.05, 0) is 42.0 Å². The first-order valence-electron chi connectivity index (χ1n) is 7.42. The standard InChI is InChI=1S/C18H14ClN3O3/c19-15-3-1-2-12(8-15)9-22-10-16(20-11-22)21-17(23)13-4-6-14(7-5-13)18(24)25/h1-8,10-11H,9H2,(H,21,23)(H,24,25). The molecule has 0 radical (unpaired) electrons. The average molecular weight is 356 g/mol. The highest BCUT2D eigenvalue weighted by molar-refractivity contribution is 6.30. The molecule has 7 heteroatoms. The number of anilines is 1. The Labute approximate surface area is 148 Å². The number of aromatic carboxylic acids is 1. The summed E-state index contributed by atoms with van der Waals surface area (Å²) in [5, 5.41) is 12.2. The number of benzene rings is 2. The molecule has 1 amide bonds. The molecule has 3 aromatic rings. The number of imidazole rings is 1. The van der Waals surface area contributed by atoms with Gasteiger partial charge >= 0.3 is 5.97 Å². The Balaban J connectivity index is 1.66. The lowest BCUT2D eigenvalue weighted by Gasteiger charge is -2.04. The van der Waals surface area contributed by atoms with Crippen LogP contribution in [0.25, 0.3) is 0 Å². The molecule has 1 heterocycles. The Bertz CT molecular complexity index is 919. The first-order chi connectivity index (χ1) is 12.0. The van der Waals surface area contributed by atoms with Crippen LogP contribution in [0.4, 0.5) is 5.82 Å². The van der Waals surface area contributed by atoms with Crippen LogP contribution in [-0.4, -0.2) is 26.5 Å². The van der Waals surface area contributed by atoms with Crippen molar-refractivity contribution in [2.24, 2.45) is 0 Å². The van der Waals surface area contributed by atoms with Gasteiger partial charge in [0, 0.05) is 23.3 Å². The first-order valence-corrected chi connectivity index (χ1v) is 7.80. The zero-order valence-electron chi connectivity index (χ0n) is 13.0. The van der Waals surface area contributed by atoms with E-state index < -0.39 is 5.97 Å². The van der Waals surface area contributed by atoms with Gasteiger partial charge in [0.2, 0.25) is 0 Å². The quantitative estimate of drug-likeness (QED) is 0.733. The van der Waals surface area contributed by atoms with E-state index in [1.165, 1.54) is 24.3 Å². The van der Waals surface area contributed by atoms with Gasteiger partial charge in [-0.1, -0.05) is 23.7 Å². The van der Waals surface area contributed by atoms with Crippen molar-refractivity contribution in [3.8, 4) is 0 Å². The molecule has 0 spiro atoms. The number of carboxylic acids is 1. The summed E-state index contributed by atoms with van der Waals surface area (Å²) in [6.45, 7) is 0.580. The maximum atomic E-state index is 12.2. The van der Waals surface area contributed by atoms with Gasteiger partial charge in [-0.3, -0.25) is 4.79 Å². The van der Waals surface area contributed by atoms with Gasteiger partial charge in [-0.25, -0.2) is 9.78 Å². The maximum Gasteiger partial charge on any atom is 0.335 e. The number of carboxylic acid groups (broad SMARTS) is 1. The van der Waals surface area contributed by atoms with E-state index in [1.807, 2.05) is 22.8 Å². The van der Waals surface area contributed by atoms with Crippen LogP contribution in [0, 0.1) is 0 Å². The van der Waals surface area contributed by atoms with Gasteiger partial charge in [-0.15, -0.1) is 0 Å². The molecule has 0 saturated carbocycles. The number of carbonyl (C=O) groups is 2. The average Bonchev–Trinajstić information content (AvgIpc) is 3.01. The van der Waals surface area contributed by atoms with Crippen molar-refractivity contribution in [3.63, 3.8) is 0 Å². The topological polar surface area (TPSA) is 84.2 Å². The summed E-state index contributed by atoms with van der Waals surface area (Å²) in [4.78, 5) is 27.2. The van der Waals surface area contributed by atoms with E-state index in [4.69, 9.17) is 16.7 Å². The van der Waals surface area contributed by atoms with Crippen LogP contribution >= 0.6 is 11.6 Å². The third-order valence-corrected chi connectivity index (χ3v) is 3.76. The molecular weight excluding hydrogens is 342 g/mol. The number of nitrogens with zero attached hydrogens (tertiary/aromatic N) is 2. The van der Waals surface area contributed by atoms with E-state index in [9.17, 15) is 9.59 Å². The zero-order chi connectivity index (χ0) is 17.8. The minimum atomic E-state index is -1.04. The van der Waals surface area contributed by atoms with Gasteiger partial charge in [-0.2, -0.15) is 0 Å². The van der Waals surface area contributed by atoms with Crippen molar-refractivity contribution in [1.29, 1.82) is 0 Å². The van der Waals surface area contributed by atoms with Crippen molar-refractivity contribution in [2.45, 2.75) is 6.54 Å². The lowest BCUT2D eigenvalue weighted by molar-refractivity contribution is 0.0696. The number of hydrogen-bond acceptors (Lipinski definition) is 3. The number of halogens is 1. The van der Waals surface area contributed by atoms with E-state index in [-0.39, 0.29) is 11.5 Å². The van der Waals surface area contributed by atoms with Crippen LogP contribution in [0.2, 0.25) is 5.02 Å². The van der Waals surface area contributed by atoms with E-state index in [0.717, 1.165) is 5.56 Å². The predicted octanol–water partition coefficient (Wildman–Crippen LogP) is 3.54. The summed E-state index contributed by atoms with van der Waals surface area (Å²) in [5.41, 5.74) is 1.50. The molecule has 25 heavy (non-hydrogen) atoms. The second-order valence-electron chi connectivity index (χ2n) is 5.40. The van der Waals surface area contributed by atoms with Crippen LogP contribution in [0.5, 0.6) is 0 Å². The van der Waals surface area contributed by atoms with Crippen molar-refractivity contribution in [1.82, 2.24) is 9.55 Å². The summed E-state index contributed by atoms with van der Waals surface area (Å²) < 4.78 is 1.83. The van der Waals surface area contributed by atoms with Crippen LogP contribution in [0.3, 0.4) is 0 Å². The van der Waals surface area contributed by atoms with Crippen molar-refractivity contribution in [2.75, 3.05) is 5.32 Å². The second-order valence-corrected chi connectivity index (χ2v) is 5.83. The summed E-state index contributed by atoms with van der Waals surface area (Å²) >= 11 is 5.96. The molecule has 0 bridgehead atoms. The Morgan fingerprint density at radius 3 is 2.52 bits per heavy atom. The summed E-state index contributed by atoms with van der Waals surface area (Å²) in [6.07, 6.45) is 3.33. The lowest BCUT2D eigenvalue weighted by atomic mass is 10.1. The van der Waals surface area contributed by atoms with Gasteiger partial charge < -0.3 is 15.0 Å². The minimum absolute atomic E-state index is 0.127. The molecule has 0 aliphatic heterocycles. The molecule has 0 saturated heterocycles. The Kier molecular flexibility index (Phi) is 4.81. The van der Waals surface area contributed by atoms with Gasteiger partial charge in [0.15, 0.2) is 5.82 Å². The maximum absolute atomic E-state index is 12.2. The monoisotopic (exact) mass is 355 g/mol. The van der Waals surface area contributed by atoms with Crippen LogP contribution in [0.1, 0.15) is 26.3 Å². The smallest absolute Gasteiger partial charge is 0.335 e. The van der Waals surface area contributed by atoms with Gasteiger partial charge in [0.1, 0.15) is 0 Å². The molecule has 0 fully saturated rings. The summed E-state index contributed by atoms with van der Waals surface area (Å²) in [7, 11) is 0. The van der Waals surface area contributed by atoms with Gasteiger partial charge in [0.25, 0.3) is 5.91 Å². The van der Waals surface area contributed by atoms with E-state index >= 15 is 0 Å².